The summed E-state index contributed by atoms with van der Waals surface area (Å²) in [6, 6.07) is 10.9. The van der Waals surface area contributed by atoms with E-state index in [2.05, 4.69) is 50.1 Å². The molecule has 2 fully saturated rings. The molecule has 21 heavy (non-hydrogen) atoms. The van der Waals surface area contributed by atoms with Crippen LogP contribution in [0.1, 0.15) is 81.9 Å². The Morgan fingerprint density at radius 3 is 2.29 bits per heavy atom. The van der Waals surface area contributed by atoms with E-state index in [-0.39, 0.29) is 0 Å². The molecule has 0 spiro atoms. The van der Waals surface area contributed by atoms with E-state index >= 15 is 0 Å². The molecule has 0 N–H and O–H groups in total. The zero-order valence-corrected chi connectivity index (χ0v) is 14.0. The first-order valence-electron chi connectivity index (χ1n) is 8.97. The van der Waals surface area contributed by atoms with Gasteiger partial charge in [-0.1, -0.05) is 63.8 Å². The van der Waals surface area contributed by atoms with Crippen molar-refractivity contribution in [2.75, 3.05) is 7.05 Å². The van der Waals surface area contributed by atoms with Gasteiger partial charge in [0, 0.05) is 12.1 Å². The molecule has 3 rings (SSSR count). The van der Waals surface area contributed by atoms with Gasteiger partial charge < -0.3 is 0 Å². The molecule has 1 heterocycles. The Balaban J connectivity index is 1.63. The first-order valence-corrected chi connectivity index (χ1v) is 8.97. The number of likely N-dealkylation sites (tertiary alicyclic amines) is 1. The van der Waals surface area contributed by atoms with Crippen LogP contribution in [0.5, 0.6) is 0 Å². The zero-order valence-electron chi connectivity index (χ0n) is 14.0. The van der Waals surface area contributed by atoms with Crippen LogP contribution in [0.15, 0.2) is 24.3 Å². The van der Waals surface area contributed by atoms with E-state index in [4.69, 9.17) is 0 Å². The normalized spacial score (nSPS) is 27.8. The van der Waals surface area contributed by atoms with Crippen molar-refractivity contribution in [2.45, 2.75) is 76.8 Å². The second kappa shape index (κ2) is 6.52. The van der Waals surface area contributed by atoms with Crippen molar-refractivity contribution in [1.82, 2.24) is 4.90 Å². The maximum Gasteiger partial charge on any atom is 0.0348 e. The smallest absolute Gasteiger partial charge is 0.0348 e. The van der Waals surface area contributed by atoms with Gasteiger partial charge in [-0.2, -0.15) is 0 Å². The molecule has 1 heteroatoms. The highest BCUT2D eigenvalue weighted by atomic mass is 15.2. The van der Waals surface area contributed by atoms with E-state index in [0.29, 0.717) is 12.0 Å². The summed E-state index contributed by atoms with van der Waals surface area (Å²) in [5, 5.41) is 0. The van der Waals surface area contributed by atoms with Crippen molar-refractivity contribution in [1.29, 1.82) is 0 Å². The third kappa shape index (κ3) is 3.34. The molecule has 0 radical (unpaired) electrons. The lowest BCUT2D eigenvalue weighted by Crippen LogP contribution is -2.29. The molecule has 1 saturated carbocycles. The summed E-state index contributed by atoms with van der Waals surface area (Å²) in [5.41, 5.74) is 2.98. The van der Waals surface area contributed by atoms with Gasteiger partial charge in [0.15, 0.2) is 0 Å². The molecular weight excluding hydrogens is 254 g/mol. The molecule has 1 aliphatic carbocycles. The maximum atomic E-state index is 2.67. The molecule has 2 atom stereocenters. The van der Waals surface area contributed by atoms with Gasteiger partial charge in [-0.25, -0.2) is 0 Å². The van der Waals surface area contributed by atoms with Gasteiger partial charge in [0.25, 0.3) is 0 Å². The number of nitrogens with zero attached hydrogens (tertiary/aromatic N) is 1. The minimum Gasteiger partial charge on any atom is -0.296 e. The number of hydrogen-bond acceptors (Lipinski definition) is 1. The quantitative estimate of drug-likeness (QED) is 0.703. The monoisotopic (exact) mass is 285 g/mol. The molecule has 1 aromatic carbocycles. The van der Waals surface area contributed by atoms with Gasteiger partial charge in [0.1, 0.15) is 0 Å². The Kier molecular flexibility index (Phi) is 4.69. The van der Waals surface area contributed by atoms with Gasteiger partial charge in [-0.15, -0.1) is 0 Å². The lowest BCUT2D eigenvalue weighted by Gasteiger charge is -2.28. The highest BCUT2D eigenvalue weighted by molar-refractivity contribution is 5.27. The molecule has 0 bridgehead atoms. The summed E-state index contributed by atoms with van der Waals surface area (Å²) in [4.78, 5) is 2.67. The first kappa shape index (κ1) is 15.1. The van der Waals surface area contributed by atoms with Crippen LogP contribution in [0.2, 0.25) is 0 Å². The van der Waals surface area contributed by atoms with Crippen LogP contribution in [0.4, 0.5) is 0 Å². The highest BCUT2D eigenvalue weighted by Gasteiger charge is 2.33. The predicted molar refractivity (Wildman–Crippen MR) is 90.6 cm³/mol. The Morgan fingerprint density at radius 1 is 1.00 bits per heavy atom. The van der Waals surface area contributed by atoms with Gasteiger partial charge >= 0.3 is 0 Å². The van der Waals surface area contributed by atoms with E-state index in [1.165, 1.54) is 56.1 Å². The van der Waals surface area contributed by atoms with Gasteiger partial charge in [-0.3, -0.25) is 4.90 Å². The SMILES string of the molecule is CC(C)c1ccc([C@H]2CC[C@@H](CC3CCCC3)N2C)cc1. The fourth-order valence-corrected chi connectivity index (χ4v) is 4.43. The lowest BCUT2D eigenvalue weighted by atomic mass is 9.97. The Bertz CT molecular complexity index is 441. The Labute approximate surface area is 130 Å². The van der Waals surface area contributed by atoms with Crippen LogP contribution in [0.25, 0.3) is 0 Å². The van der Waals surface area contributed by atoms with E-state index < -0.39 is 0 Å². The summed E-state index contributed by atoms with van der Waals surface area (Å²) in [5.74, 6) is 1.65. The van der Waals surface area contributed by atoms with Crippen molar-refractivity contribution < 1.29 is 0 Å². The van der Waals surface area contributed by atoms with Crippen LogP contribution in [0.3, 0.4) is 0 Å². The lowest BCUT2D eigenvalue weighted by molar-refractivity contribution is 0.212. The number of rotatable bonds is 4. The highest BCUT2D eigenvalue weighted by Crippen LogP contribution is 2.40. The molecule has 1 aromatic rings. The Morgan fingerprint density at radius 2 is 1.67 bits per heavy atom. The van der Waals surface area contributed by atoms with E-state index in [1.54, 1.807) is 0 Å². The predicted octanol–water partition coefficient (Wildman–Crippen LogP) is 5.53. The topological polar surface area (TPSA) is 3.24 Å². The molecule has 1 aliphatic heterocycles. The molecule has 2 aliphatic rings. The average molecular weight is 285 g/mol. The molecule has 1 nitrogen and oxygen atoms in total. The van der Waals surface area contributed by atoms with E-state index in [9.17, 15) is 0 Å². The maximum absolute atomic E-state index is 2.67. The molecular formula is C20H31N. The molecule has 1 saturated heterocycles. The minimum absolute atomic E-state index is 0.635. The first-order chi connectivity index (χ1) is 10.1. The van der Waals surface area contributed by atoms with E-state index in [0.717, 1.165) is 12.0 Å². The average Bonchev–Trinajstić information content (AvgIpc) is 3.11. The summed E-state index contributed by atoms with van der Waals surface area (Å²) in [7, 11) is 2.35. The molecule has 0 unspecified atom stereocenters. The molecule has 0 aromatic heterocycles. The third-order valence-electron chi connectivity index (χ3n) is 5.91. The second-order valence-corrected chi connectivity index (χ2v) is 7.62. The zero-order chi connectivity index (χ0) is 14.8. The van der Waals surface area contributed by atoms with Crippen LogP contribution < -0.4 is 0 Å². The second-order valence-electron chi connectivity index (χ2n) is 7.62. The van der Waals surface area contributed by atoms with Crippen molar-refractivity contribution in [3.63, 3.8) is 0 Å². The van der Waals surface area contributed by atoms with Crippen molar-refractivity contribution >= 4 is 0 Å². The van der Waals surface area contributed by atoms with Crippen LogP contribution >= 0.6 is 0 Å². The Hall–Kier alpha value is -0.820. The van der Waals surface area contributed by atoms with Crippen molar-refractivity contribution in [3.8, 4) is 0 Å². The summed E-state index contributed by atoms with van der Waals surface area (Å²) >= 11 is 0. The molecule has 0 amide bonds. The van der Waals surface area contributed by atoms with Gasteiger partial charge in [-0.05, 0) is 49.3 Å². The standard InChI is InChI=1S/C20H31N/c1-15(2)17-8-10-18(11-9-17)20-13-12-19(21(20)3)14-16-6-4-5-7-16/h8-11,15-16,19-20H,4-7,12-14H2,1-3H3/t19-,20+/m0/s1. The van der Waals surface area contributed by atoms with Crippen LogP contribution in [-0.4, -0.2) is 18.0 Å². The van der Waals surface area contributed by atoms with Crippen molar-refractivity contribution in [3.05, 3.63) is 35.4 Å². The summed E-state index contributed by atoms with van der Waals surface area (Å²) in [6.45, 7) is 4.54. The fraction of sp³-hybridized carbons (Fsp3) is 0.700. The summed E-state index contributed by atoms with van der Waals surface area (Å²) in [6.07, 6.45) is 10.1. The van der Waals surface area contributed by atoms with Gasteiger partial charge in [0.2, 0.25) is 0 Å². The van der Waals surface area contributed by atoms with E-state index in [1.807, 2.05) is 0 Å². The fourth-order valence-electron chi connectivity index (χ4n) is 4.43. The number of benzene rings is 1. The third-order valence-corrected chi connectivity index (χ3v) is 5.91. The number of hydrogen-bond donors (Lipinski definition) is 0. The van der Waals surface area contributed by atoms with Crippen LogP contribution in [0, 0.1) is 5.92 Å². The molecule has 116 valence electrons. The largest absolute Gasteiger partial charge is 0.296 e. The minimum atomic E-state index is 0.635. The van der Waals surface area contributed by atoms with Crippen LogP contribution in [-0.2, 0) is 0 Å². The summed E-state index contributed by atoms with van der Waals surface area (Å²) < 4.78 is 0. The van der Waals surface area contributed by atoms with Gasteiger partial charge in [0.05, 0.1) is 0 Å². The van der Waals surface area contributed by atoms with Crippen molar-refractivity contribution in [2.24, 2.45) is 5.92 Å².